The molecule has 16 nitrogen and oxygen atoms in total. The topological polar surface area (TPSA) is 158 Å². The lowest BCUT2D eigenvalue weighted by molar-refractivity contribution is 0.423. The molecule has 8 rings (SSSR count). The molecule has 0 spiro atoms. The quantitative estimate of drug-likeness (QED) is 0.235. The van der Waals surface area contributed by atoms with E-state index in [9.17, 15) is 19.2 Å². The maximum absolute atomic E-state index is 13.4. The summed E-state index contributed by atoms with van der Waals surface area (Å²) in [4.78, 5) is 75.8. The van der Waals surface area contributed by atoms with E-state index in [0.717, 1.165) is 37.6 Å². The molecule has 2 aromatic carbocycles. The van der Waals surface area contributed by atoms with Gasteiger partial charge in [0.15, 0.2) is 22.3 Å². The summed E-state index contributed by atoms with van der Waals surface area (Å²) >= 11 is 0. The molecule has 0 amide bonds. The van der Waals surface area contributed by atoms with Crippen molar-refractivity contribution in [1.29, 1.82) is 0 Å². The highest BCUT2D eigenvalue weighted by molar-refractivity contribution is 5.75. The van der Waals surface area contributed by atoms with Crippen molar-refractivity contribution < 1.29 is 0 Å². The second kappa shape index (κ2) is 13.2. The van der Waals surface area contributed by atoms with Crippen LogP contribution in [0.25, 0.3) is 22.3 Å². The number of anilines is 4. The number of benzene rings is 2. The number of hydrogen-bond acceptors (Lipinski definition) is 10. The highest BCUT2D eigenvalue weighted by Gasteiger charge is 2.29. The zero-order valence-corrected chi connectivity index (χ0v) is 29.5. The number of imidazole rings is 2. The average Bonchev–Trinajstić information content (AvgIpc) is 3.73. The minimum atomic E-state index is -0.526. The summed E-state index contributed by atoms with van der Waals surface area (Å²) in [5.41, 5.74) is 1.54. The van der Waals surface area contributed by atoms with E-state index < -0.39 is 22.5 Å². The number of aromatic amines is 2. The average molecular weight is 707 g/mol. The van der Waals surface area contributed by atoms with Crippen LogP contribution in [0, 0.1) is 5.92 Å². The lowest BCUT2D eigenvalue weighted by atomic mass is 10.1. The van der Waals surface area contributed by atoms with Crippen molar-refractivity contribution in [3.63, 3.8) is 0 Å². The Hall–Kier alpha value is -6.06. The maximum Gasteiger partial charge on any atom is 0.329 e. The lowest BCUT2D eigenvalue weighted by Crippen LogP contribution is -2.47. The third-order valence-corrected chi connectivity index (χ3v) is 10.3. The molecule has 6 aromatic rings. The monoisotopic (exact) mass is 706 g/mol. The first-order valence-corrected chi connectivity index (χ1v) is 17.7. The molecule has 2 aliphatic rings. The van der Waals surface area contributed by atoms with Crippen LogP contribution in [0.5, 0.6) is 0 Å². The molecule has 270 valence electrons. The van der Waals surface area contributed by atoms with Gasteiger partial charge in [-0.05, 0) is 30.2 Å². The molecule has 2 aliphatic heterocycles. The summed E-state index contributed by atoms with van der Waals surface area (Å²) in [6.45, 7) is 8.55. The number of piperazine rings is 2. The number of rotatable bonds is 8. The predicted molar refractivity (Wildman–Crippen MR) is 202 cm³/mol. The molecule has 52 heavy (non-hydrogen) atoms. The van der Waals surface area contributed by atoms with Gasteiger partial charge >= 0.3 is 11.4 Å². The van der Waals surface area contributed by atoms with Crippen molar-refractivity contribution in [1.82, 2.24) is 38.2 Å². The van der Waals surface area contributed by atoms with Crippen LogP contribution >= 0.6 is 0 Å². The number of nitrogens with one attached hydrogen (secondary N) is 2. The van der Waals surface area contributed by atoms with Crippen LogP contribution < -0.4 is 42.1 Å². The SMILES string of the molecule is CC(Cn1c(N2CCN(c3ccccc3)CC2)nc2c1c(=O)[nH]c(=O)n2C)Cn1c(N2CCN(c3ccccc3)CC2)nc2c1c(=O)[nH]c(=O)n2C. The molecule has 2 fully saturated rings. The summed E-state index contributed by atoms with van der Waals surface area (Å²) < 4.78 is 6.57. The zero-order valence-electron chi connectivity index (χ0n) is 29.5. The fourth-order valence-electron chi connectivity index (χ4n) is 7.56. The van der Waals surface area contributed by atoms with E-state index in [1.807, 2.05) is 45.5 Å². The Labute approximate surface area is 297 Å². The molecular formula is C36H42N12O4. The number of aromatic nitrogens is 8. The molecule has 6 heterocycles. The van der Waals surface area contributed by atoms with E-state index in [1.165, 1.54) is 9.13 Å². The van der Waals surface area contributed by atoms with Crippen LogP contribution in [0.15, 0.2) is 79.8 Å². The van der Waals surface area contributed by atoms with Gasteiger partial charge in [0.25, 0.3) is 11.1 Å². The van der Waals surface area contributed by atoms with Gasteiger partial charge in [-0.2, -0.15) is 9.97 Å². The molecule has 0 saturated carbocycles. The molecule has 2 N–H and O–H groups in total. The summed E-state index contributed by atoms with van der Waals surface area (Å²) in [5.74, 6) is 1.10. The van der Waals surface area contributed by atoms with E-state index in [2.05, 4.69) is 60.8 Å². The second-order valence-corrected chi connectivity index (χ2v) is 13.8. The van der Waals surface area contributed by atoms with Gasteiger partial charge in [-0.15, -0.1) is 0 Å². The van der Waals surface area contributed by atoms with E-state index >= 15 is 0 Å². The Morgan fingerprint density at radius 2 is 0.904 bits per heavy atom. The van der Waals surface area contributed by atoms with Crippen molar-refractivity contribution in [2.45, 2.75) is 20.0 Å². The molecule has 0 atom stereocenters. The zero-order chi connectivity index (χ0) is 36.1. The number of nitrogens with zero attached hydrogens (tertiary/aromatic N) is 10. The molecule has 0 aliphatic carbocycles. The summed E-state index contributed by atoms with van der Waals surface area (Å²) in [5, 5.41) is 0. The molecular weight excluding hydrogens is 664 g/mol. The summed E-state index contributed by atoms with van der Waals surface area (Å²) in [6.07, 6.45) is 0. The highest BCUT2D eigenvalue weighted by atomic mass is 16.2. The molecule has 16 heteroatoms. The van der Waals surface area contributed by atoms with Gasteiger partial charge in [0.1, 0.15) is 0 Å². The minimum absolute atomic E-state index is 0.142. The Balaban J connectivity index is 1.13. The Morgan fingerprint density at radius 3 is 1.27 bits per heavy atom. The number of aryl methyl sites for hydroxylation is 2. The number of hydrogen-bond donors (Lipinski definition) is 2. The molecule has 4 aromatic heterocycles. The van der Waals surface area contributed by atoms with Crippen molar-refractivity contribution in [2.24, 2.45) is 20.0 Å². The van der Waals surface area contributed by atoms with Gasteiger partial charge in [0.2, 0.25) is 11.9 Å². The molecule has 0 radical (unpaired) electrons. The van der Waals surface area contributed by atoms with Crippen molar-refractivity contribution in [3.8, 4) is 0 Å². The molecule has 2 saturated heterocycles. The third-order valence-electron chi connectivity index (χ3n) is 10.3. The smallest absolute Gasteiger partial charge is 0.329 e. The van der Waals surface area contributed by atoms with Crippen molar-refractivity contribution in [2.75, 3.05) is 72.0 Å². The third kappa shape index (κ3) is 5.82. The van der Waals surface area contributed by atoms with Crippen LogP contribution in [-0.4, -0.2) is 90.6 Å². The maximum atomic E-state index is 13.4. The largest absolute Gasteiger partial charge is 0.368 e. The summed E-state index contributed by atoms with van der Waals surface area (Å²) in [6, 6.07) is 20.5. The predicted octanol–water partition coefficient (Wildman–Crippen LogP) is 1.15. The fraction of sp³-hybridized carbons (Fsp3) is 0.389. The number of para-hydroxylation sites is 2. The molecule has 0 bridgehead atoms. The van der Waals surface area contributed by atoms with Crippen LogP contribution in [0.4, 0.5) is 23.3 Å². The first-order valence-electron chi connectivity index (χ1n) is 17.7. The van der Waals surface area contributed by atoms with E-state index in [4.69, 9.17) is 9.97 Å². The Morgan fingerprint density at radius 1 is 0.558 bits per heavy atom. The van der Waals surface area contributed by atoms with Crippen LogP contribution in [0.2, 0.25) is 0 Å². The first-order chi connectivity index (χ1) is 25.2. The Kier molecular flexibility index (Phi) is 8.43. The van der Waals surface area contributed by atoms with Gasteiger partial charge in [-0.25, -0.2) is 9.59 Å². The van der Waals surface area contributed by atoms with Gasteiger partial charge in [0.05, 0.1) is 0 Å². The normalized spacial score (nSPS) is 15.5. The van der Waals surface area contributed by atoms with Crippen molar-refractivity contribution >= 4 is 45.6 Å². The molecule has 0 unspecified atom stereocenters. The van der Waals surface area contributed by atoms with Gasteiger partial charge in [-0.1, -0.05) is 43.3 Å². The number of H-pyrrole nitrogens is 2. The van der Waals surface area contributed by atoms with Crippen LogP contribution in [0.3, 0.4) is 0 Å². The lowest BCUT2D eigenvalue weighted by Gasteiger charge is -2.37. The van der Waals surface area contributed by atoms with E-state index in [1.54, 1.807) is 14.1 Å². The fourth-order valence-corrected chi connectivity index (χ4v) is 7.56. The summed E-state index contributed by atoms with van der Waals surface area (Å²) in [7, 11) is 3.22. The minimum Gasteiger partial charge on any atom is -0.368 e. The second-order valence-electron chi connectivity index (χ2n) is 13.8. The van der Waals surface area contributed by atoms with E-state index in [0.29, 0.717) is 73.5 Å². The first kappa shape index (κ1) is 33.1. The highest BCUT2D eigenvalue weighted by Crippen LogP contribution is 2.27. The van der Waals surface area contributed by atoms with Crippen molar-refractivity contribution in [3.05, 3.63) is 102 Å². The number of fused-ring (bicyclic) bond motifs is 2. The Bertz CT molecular complexity index is 2310. The standard InChI is InChI=1S/C36H42N12O4/c1-24(22-47-27-29(41(2)35(51)39-31(27)49)37-33(47)45-18-14-43(15-19-45)25-10-6-4-7-11-25)23-48-28-30(42(3)36(52)40-32(28)50)38-34(48)46-20-16-44(17-21-46)26-12-8-5-9-13-26/h4-13,24H,14-23H2,1-3H3,(H,39,49,51)(H,40,50,52). The van der Waals surface area contributed by atoms with Crippen LogP contribution in [0.1, 0.15) is 6.92 Å². The van der Waals surface area contributed by atoms with Gasteiger partial charge in [-0.3, -0.25) is 28.7 Å². The van der Waals surface area contributed by atoms with Gasteiger partial charge in [0, 0.05) is 90.9 Å². The van der Waals surface area contributed by atoms with Crippen LogP contribution in [-0.2, 0) is 27.2 Å². The van der Waals surface area contributed by atoms with E-state index in [-0.39, 0.29) is 5.92 Å². The van der Waals surface area contributed by atoms with Gasteiger partial charge < -0.3 is 28.7 Å².